The SMILES string of the molecule is CC1C=Cc2cc(-c3ccc(-c4cc(-c5cc6ccccc6c6ccccc56)nc(-c5ccc(-c6cnc7ccccc7c6)cc5)n4)cc3)c3ccccc3c2C1. The van der Waals surface area contributed by atoms with E-state index in [9.17, 15) is 0 Å². The van der Waals surface area contributed by atoms with Crippen LogP contribution in [0.3, 0.4) is 0 Å². The molecule has 268 valence electrons. The summed E-state index contributed by atoms with van der Waals surface area (Å²) in [6, 6.07) is 60.8. The second-order valence-corrected chi connectivity index (χ2v) is 15.3. The van der Waals surface area contributed by atoms with Gasteiger partial charge in [-0.3, -0.25) is 4.98 Å². The standard InChI is InChI=1S/C54H37N3/c1-34-18-19-40-30-49(46-15-7-6-14-45(46)48(40)28-34)36-22-24-37(25-23-36)52-32-53(50-31-39-10-2-4-12-43(39)44-13-5-8-16-47(44)50)57-54(56-52)38-26-20-35(21-27-38)42-29-41-11-3-9-17-51(41)55-33-42/h2-27,29-34H,28H2,1H3. The van der Waals surface area contributed by atoms with E-state index in [0.29, 0.717) is 11.7 Å². The number of fused-ring (bicyclic) bond motifs is 7. The quantitative estimate of drug-likeness (QED) is 0.166. The number of rotatable bonds is 5. The fourth-order valence-corrected chi connectivity index (χ4v) is 8.72. The van der Waals surface area contributed by atoms with Crippen molar-refractivity contribution in [1.82, 2.24) is 15.0 Å². The molecule has 1 atom stereocenters. The summed E-state index contributed by atoms with van der Waals surface area (Å²) in [6.45, 7) is 2.30. The van der Waals surface area contributed by atoms with E-state index >= 15 is 0 Å². The van der Waals surface area contributed by atoms with Crippen molar-refractivity contribution in [1.29, 1.82) is 0 Å². The van der Waals surface area contributed by atoms with Crippen LogP contribution in [0.1, 0.15) is 18.1 Å². The van der Waals surface area contributed by atoms with E-state index < -0.39 is 0 Å². The number of nitrogens with zero attached hydrogens (tertiary/aromatic N) is 3. The van der Waals surface area contributed by atoms with Crippen molar-refractivity contribution in [2.45, 2.75) is 13.3 Å². The molecule has 1 unspecified atom stereocenters. The van der Waals surface area contributed by atoms with Gasteiger partial charge in [0.05, 0.1) is 16.9 Å². The highest BCUT2D eigenvalue weighted by Crippen LogP contribution is 2.40. The lowest BCUT2D eigenvalue weighted by atomic mass is 9.84. The Bertz CT molecular complexity index is 3210. The number of hydrogen-bond acceptors (Lipinski definition) is 3. The van der Waals surface area contributed by atoms with Crippen molar-refractivity contribution >= 4 is 49.3 Å². The lowest BCUT2D eigenvalue weighted by Gasteiger charge is -2.20. The Balaban J connectivity index is 1.05. The molecule has 8 aromatic carbocycles. The molecular formula is C54H37N3. The summed E-state index contributed by atoms with van der Waals surface area (Å²) < 4.78 is 0. The molecule has 11 rings (SSSR count). The normalized spacial score (nSPS) is 13.7. The van der Waals surface area contributed by atoms with E-state index in [2.05, 4.69) is 177 Å². The largest absolute Gasteiger partial charge is 0.256 e. The molecule has 3 heteroatoms. The van der Waals surface area contributed by atoms with Crippen LogP contribution in [0.2, 0.25) is 0 Å². The van der Waals surface area contributed by atoms with Gasteiger partial charge in [-0.1, -0.05) is 159 Å². The van der Waals surface area contributed by atoms with Crippen LogP contribution in [-0.4, -0.2) is 15.0 Å². The van der Waals surface area contributed by atoms with Gasteiger partial charge in [0.15, 0.2) is 5.82 Å². The average molecular weight is 728 g/mol. The molecule has 0 saturated carbocycles. The van der Waals surface area contributed by atoms with Crippen LogP contribution in [0.15, 0.2) is 182 Å². The summed E-state index contributed by atoms with van der Waals surface area (Å²) in [5, 5.41) is 8.58. The Morgan fingerprint density at radius 1 is 0.456 bits per heavy atom. The summed E-state index contributed by atoms with van der Waals surface area (Å²) in [6.07, 6.45) is 7.66. The van der Waals surface area contributed by atoms with Crippen LogP contribution in [0.5, 0.6) is 0 Å². The summed E-state index contributed by atoms with van der Waals surface area (Å²) in [7, 11) is 0. The maximum absolute atomic E-state index is 5.32. The van der Waals surface area contributed by atoms with Crippen molar-refractivity contribution < 1.29 is 0 Å². The maximum atomic E-state index is 5.32. The average Bonchev–Trinajstić information content (AvgIpc) is 3.28. The Morgan fingerprint density at radius 2 is 1.07 bits per heavy atom. The van der Waals surface area contributed by atoms with Crippen LogP contribution in [0, 0.1) is 5.92 Å². The zero-order valence-electron chi connectivity index (χ0n) is 31.5. The minimum Gasteiger partial charge on any atom is -0.256 e. The molecular weight excluding hydrogens is 691 g/mol. The van der Waals surface area contributed by atoms with Crippen LogP contribution in [0.4, 0.5) is 0 Å². The lowest BCUT2D eigenvalue weighted by molar-refractivity contribution is 0.721. The Kier molecular flexibility index (Phi) is 7.85. The minimum absolute atomic E-state index is 0.543. The Labute approximate surface area is 331 Å². The third-order valence-electron chi connectivity index (χ3n) is 11.6. The molecule has 3 nitrogen and oxygen atoms in total. The number of pyridine rings is 1. The topological polar surface area (TPSA) is 38.7 Å². The van der Waals surface area contributed by atoms with Crippen molar-refractivity contribution in [2.24, 2.45) is 5.92 Å². The molecule has 10 aromatic rings. The second-order valence-electron chi connectivity index (χ2n) is 15.3. The fourth-order valence-electron chi connectivity index (χ4n) is 8.72. The van der Waals surface area contributed by atoms with Gasteiger partial charge in [0.2, 0.25) is 0 Å². The van der Waals surface area contributed by atoms with Gasteiger partial charge in [0.1, 0.15) is 0 Å². The van der Waals surface area contributed by atoms with Crippen molar-refractivity contribution in [3.8, 4) is 56.2 Å². The zero-order chi connectivity index (χ0) is 37.9. The van der Waals surface area contributed by atoms with Crippen molar-refractivity contribution in [3.63, 3.8) is 0 Å². The summed E-state index contributed by atoms with van der Waals surface area (Å²) in [5.41, 5.74) is 13.3. The second kappa shape index (κ2) is 13.5. The van der Waals surface area contributed by atoms with E-state index in [-0.39, 0.29) is 0 Å². The van der Waals surface area contributed by atoms with Crippen LogP contribution >= 0.6 is 0 Å². The maximum Gasteiger partial charge on any atom is 0.160 e. The molecule has 0 fully saturated rings. The molecule has 0 N–H and O–H groups in total. The van der Waals surface area contributed by atoms with Gasteiger partial charge >= 0.3 is 0 Å². The first-order valence-corrected chi connectivity index (χ1v) is 19.7. The lowest BCUT2D eigenvalue weighted by Crippen LogP contribution is -2.04. The fraction of sp³-hybridized carbons (Fsp3) is 0.0556. The predicted molar refractivity (Wildman–Crippen MR) is 239 cm³/mol. The summed E-state index contributed by atoms with van der Waals surface area (Å²) in [5.74, 6) is 1.23. The van der Waals surface area contributed by atoms with Crippen molar-refractivity contribution in [2.75, 3.05) is 0 Å². The first kappa shape index (κ1) is 33.1. The molecule has 1 aliphatic rings. The number of hydrogen-bond donors (Lipinski definition) is 0. The van der Waals surface area contributed by atoms with Gasteiger partial charge in [-0.15, -0.1) is 0 Å². The van der Waals surface area contributed by atoms with Crippen molar-refractivity contribution in [3.05, 3.63) is 193 Å². The number of para-hydroxylation sites is 1. The van der Waals surface area contributed by atoms with E-state index in [1.54, 1.807) is 0 Å². The molecule has 0 radical (unpaired) electrons. The van der Waals surface area contributed by atoms with Gasteiger partial charge in [0.25, 0.3) is 0 Å². The first-order valence-electron chi connectivity index (χ1n) is 19.7. The number of allylic oxidation sites excluding steroid dienone is 1. The van der Waals surface area contributed by atoms with Gasteiger partial charge in [0, 0.05) is 33.8 Å². The van der Waals surface area contributed by atoms with Gasteiger partial charge in [-0.25, -0.2) is 9.97 Å². The molecule has 2 aromatic heterocycles. The highest BCUT2D eigenvalue weighted by Gasteiger charge is 2.18. The highest BCUT2D eigenvalue weighted by atomic mass is 14.9. The highest BCUT2D eigenvalue weighted by molar-refractivity contribution is 6.13. The Hall–Kier alpha value is -7.23. The van der Waals surface area contributed by atoms with E-state index in [1.807, 2.05) is 18.3 Å². The van der Waals surface area contributed by atoms with Crippen LogP contribution < -0.4 is 0 Å². The van der Waals surface area contributed by atoms with Crippen LogP contribution in [0.25, 0.3) is 105 Å². The third kappa shape index (κ3) is 5.87. The van der Waals surface area contributed by atoms with Gasteiger partial charge < -0.3 is 0 Å². The number of aromatic nitrogens is 3. The van der Waals surface area contributed by atoms with Crippen LogP contribution in [-0.2, 0) is 6.42 Å². The smallest absolute Gasteiger partial charge is 0.160 e. The molecule has 57 heavy (non-hydrogen) atoms. The molecule has 0 aliphatic heterocycles. The summed E-state index contributed by atoms with van der Waals surface area (Å²) >= 11 is 0. The number of benzene rings is 8. The van der Waals surface area contributed by atoms with E-state index in [4.69, 9.17) is 15.0 Å². The Morgan fingerprint density at radius 3 is 1.88 bits per heavy atom. The van der Waals surface area contributed by atoms with Gasteiger partial charge in [-0.2, -0.15) is 0 Å². The van der Waals surface area contributed by atoms with E-state index in [1.165, 1.54) is 54.6 Å². The molecule has 2 heterocycles. The minimum atomic E-state index is 0.543. The molecule has 0 spiro atoms. The third-order valence-corrected chi connectivity index (χ3v) is 11.6. The molecule has 0 amide bonds. The zero-order valence-corrected chi connectivity index (χ0v) is 31.5. The predicted octanol–water partition coefficient (Wildman–Crippen LogP) is 14.0. The molecule has 1 aliphatic carbocycles. The first-order chi connectivity index (χ1) is 28.1. The molecule has 0 saturated heterocycles. The monoisotopic (exact) mass is 727 g/mol. The van der Waals surface area contributed by atoms with E-state index in [0.717, 1.165) is 56.5 Å². The summed E-state index contributed by atoms with van der Waals surface area (Å²) in [4.78, 5) is 15.3. The molecule has 0 bridgehead atoms. The van der Waals surface area contributed by atoms with Gasteiger partial charge in [-0.05, 0) is 103 Å².